The van der Waals surface area contributed by atoms with Gasteiger partial charge < -0.3 is 15.2 Å². The summed E-state index contributed by atoms with van der Waals surface area (Å²) >= 11 is 1.32. The third kappa shape index (κ3) is 4.56. The Bertz CT molecular complexity index is 654. The Morgan fingerprint density at radius 1 is 1.26 bits per heavy atom. The molecule has 122 valence electrons. The number of hydrogen-bond acceptors (Lipinski definition) is 5. The molecule has 1 unspecified atom stereocenters. The first-order valence-electron chi connectivity index (χ1n) is 7.31. The number of nitrogens with one attached hydrogen (secondary N) is 1. The average Bonchev–Trinajstić information content (AvgIpc) is 3.03. The number of esters is 1. The van der Waals surface area contributed by atoms with Crippen LogP contribution in [0.5, 0.6) is 0 Å². The first-order chi connectivity index (χ1) is 11.1. The Hall–Kier alpha value is -2.34. The maximum absolute atomic E-state index is 11.6. The molecule has 1 aromatic carbocycles. The van der Waals surface area contributed by atoms with Gasteiger partial charge in [-0.15, -0.1) is 11.3 Å². The highest BCUT2D eigenvalue weighted by Gasteiger charge is 2.19. The van der Waals surface area contributed by atoms with Crippen molar-refractivity contribution in [2.24, 2.45) is 0 Å². The van der Waals surface area contributed by atoms with E-state index in [1.165, 1.54) is 18.4 Å². The highest BCUT2D eigenvalue weighted by atomic mass is 32.1. The predicted octanol–water partition coefficient (Wildman–Crippen LogP) is 3.60. The van der Waals surface area contributed by atoms with Crippen molar-refractivity contribution < 1.29 is 19.4 Å². The van der Waals surface area contributed by atoms with Crippen molar-refractivity contribution in [3.63, 3.8) is 0 Å². The lowest BCUT2D eigenvalue weighted by Crippen LogP contribution is -2.14. The predicted molar refractivity (Wildman–Crippen MR) is 90.2 cm³/mol. The minimum Gasteiger partial charge on any atom is -0.481 e. The van der Waals surface area contributed by atoms with Gasteiger partial charge >= 0.3 is 11.9 Å². The van der Waals surface area contributed by atoms with Gasteiger partial charge in [-0.05, 0) is 29.9 Å². The van der Waals surface area contributed by atoms with E-state index in [1.807, 2.05) is 41.8 Å². The van der Waals surface area contributed by atoms with Gasteiger partial charge in [-0.3, -0.25) is 4.79 Å². The lowest BCUT2D eigenvalue weighted by molar-refractivity contribution is -0.139. The fourth-order valence-corrected chi connectivity index (χ4v) is 3.13. The summed E-state index contributed by atoms with van der Waals surface area (Å²) in [5.41, 5.74) is 1.54. The molecule has 0 saturated heterocycles. The Kier molecular flexibility index (Phi) is 6.17. The van der Waals surface area contributed by atoms with Gasteiger partial charge in [-0.25, -0.2) is 4.79 Å². The van der Waals surface area contributed by atoms with Crippen molar-refractivity contribution in [3.8, 4) is 0 Å². The van der Waals surface area contributed by atoms with Crippen LogP contribution in [0.4, 0.5) is 5.69 Å². The van der Waals surface area contributed by atoms with Gasteiger partial charge in [0.1, 0.15) is 4.88 Å². The number of methoxy groups -OCH3 is 1. The number of ether oxygens (including phenoxy) is 1. The van der Waals surface area contributed by atoms with E-state index in [9.17, 15) is 14.7 Å². The highest BCUT2D eigenvalue weighted by molar-refractivity contribution is 7.12. The van der Waals surface area contributed by atoms with Crippen LogP contribution in [0.2, 0.25) is 0 Å². The molecule has 0 radical (unpaired) electrons. The average molecular weight is 333 g/mol. The molecule has 2 N–H and O–H groups in total. The molecule has 1 aromatic heterocycles. The van der Waals surface area contributed by atoms with Gasteiger partial charge in [0.25, 0.3) is 0 Å². The van der Waals surface area contributed by atoms with E-state index >= 15 is 0 Å². The van der Waals surface area contributed by atoms with E-state index < -0.39 is 11.9 Å². The molecule has 0 bridgehead atoms. The zero-order chi connectivity index (χ0) is 16.7. The number of hydrogen-bond donors (Lipinski definition) is 2. The summed E-state index contributed by atoms with van der Waals surface area (Å²) in [5.74, 6) is -1.70. The molecule has 0 aliphatic heterocycles. The Morgan fingerprint density at radius 2 is 2.00 bits per heavy atom. The molecule has 1 heterocycles. The number of anilines is 1. The van der Waals surface area contributed by atoms with Gasteiger partial charge in [0.05, 0.1) is 18.7 Å². The molecule has 6 heteroatoms. The van der Waals surface area contributed by atoms with Crippen LogP contribution >= 0.6 is 11.3 Å². The normalized spacial score (nSPS) is 11.7. The lowest BCUT2D eigenvalue weighted by atomic mass is 9.94. The van der Waals surface area contributed by atoms with Gasteiger partial charge in [0, 0.05) is 6.54 Å². The van der Waals surface area contributed by atoms with Crippen LogP contribution in [0.1, 0.15) is 34.0 Å². The molecule has 23 heavy (non-hydrogen) atoms. The minimum atomic E-state index is -0.818. The molecular weight excluding hydrogens is 314 g/mol. The number of aliphatic carboxylic acids is 1. The largest absolute Gasteiger partial charge is 0.481 e. The van der Waals surface area contributed by atoms with E-state index in [4.69, 9.17) is 4.74 Å². The zero-order valence-corrected chi connectivity index (χ0v) is 13.6. The van der Waals surface area contributed by atoms with Crippen molar-refractivity contribution >= 4 is 29.0 Å². The fraction of sp³-hybridized carbons (Fsp3) is 0.294. The second kappa shape index (κ2) is 8.33. The number of carboxylic acids is 1. The first kappa shape index (κ1) is 17.0. The second-order valence-electron chi connectivity index (χ2n) is 5.03. The quantitative estimate of drug-likeness (QED) is 0.570. The van der Waals surface area contributed by atoms with Crippen LogP contribution in [-0.2, 0) is 9.53 Å². The highest BCUT2D eigenvalue weighted by Crippen LogP contribution is 2.24. The standard InChI is InChI=1S/C17H19NO4S/c1-22-17(21)15-14(9-11-23-15)18-10-5-8-13(16(19)20)12-6-3-2-4-7-12/h2-4,6-7,9,11,13,18H,5,8,10H2,1H3,(H,19,20). The number of thiophene rings is 1. The molecule has 0 aliphatic carbocycles. The minimum absolute atomic E-state index is 0.366. The third-order valence-electron chi connectivity index (χ3n) is 3.52. The van der Waals surface area contributed by atoms with Crippen molar-refractivity contribution in [1.82, 2.24) is 0 Å². The van der Waals surface area contributed by atoms with Crippen LogP contribution in [0, 0.1) is 0 Å². The number of carbonyl (C=O) groups is 2. The molecule has 2 aromatic rings. The summed E-state index contributed by atoms with van der Waals surface area (Å²) < 4.78 is 4.72. The Labute approximate surface area is 138 Å². The van der Waals surface area contributed by atoms with E-state index in [-0.39, 0.29) is 5.97 Å². The molecule has 0 fully saturated rings. The van der Waals surface area contributed by atoms with Crippen LogP contribution in [0.15, 0.2) is 41.8 Å². The van der Waals surface area contributed by atoms with Gasteiger partial charge in [-0.1, -0.05) is 30.3 Å². The van der Waals surface area contributed by atoms with Crippen LogP contribution in [0.3, 0.4) is 0 Å². The smallest absolute Gasteiger partial charge is 0.350 e. The monoisotopic (exact) mass is 333 g/mol. The summed E-state index contributed by atoms with van der Waals surface area (Å²) in [6.45, 7) is 0.595. The summed E-state index contributed by atoms with van der Waals surface area (Å²) in [6.07, 6.45) is 1.21. The molecule has 0 saturated carbocycles. The Balaban J connectivity index is 1.88. The lowest BCUT2D eigenvalue weighted by Gasteiger charge is -2.13. The van der Waals surface area contributed by atoms with Gasteiger partial charge in [0.2, 0.25) is 0 Å². The van der Waals surface area contributed by atoms with E-state index in [2.05, 4.69) is 5.32 Å². The van der Waals surface area contributed by atoms with Crippen molar-refractivity contribution in [2.75, 3.05) is 19.0 Å². The maximum Gasteiger partial charge on any atom is 0.350 e. The van der Waals surface area contributed by atoms with Crippen molar-refractivity contribution in [3.05, 3.63) is 52.2 Å². The molecule has 0 amide bonds. The zero-order valence-electron chi connectivity index (χ0n) is 12.8. The summed E-state index contributed by atoms with van der Waals surface area (Å²) in [6, 6.07) is 11.0. The summed E-state index contributed by atoms with van der Waals surface area (Å²) in [5, 5.41) is 14.4. The topological polar surface area (TPSA) is 75.6 Å². The van der Waals surface area contributed by atoms with E-state index in [1.54, 1.807) is 0 Å². The van der Waals surface area contributed by atoms with Crippen molar-refractivity contribution in [1.29, 1.82) is 0 Å². The van der Waals surface area contributed by atoms with Crippen LogP contribution in [-0.4, -0.2) is 30.7 Å². The number of carboxylic acid groups (broad SMARTS) is 1. The number of rotatable bonds is 8. The summed E-state index contributed by atoms with van der Waals surface area (Å²) in [7, 11) is 1.35. The summed E-state index contributed by atoms with van der Waals surface area (Å²) in [4.78, 5) is 23.5. The van der Waals surface area contributed by atoms with Crippen LogP contribution in [0.25, 0.3) is 0 Å². The number of carbonyl (C=O) groups excluding carboxylic acids is 1. The SMILES string of the molecule is COC(=O)c1sccc1NCCCC(C(=O)O)c1ccccc1. The van der Waals surface area contributed by atoms with Crippen molar-refractivity contribution in [2.45, 2.75) is 18.8 Å². The van der Waals surface area contributed by atoms with Gasteiger partial charge in [0.15, 0.2) is 0 Å². The number of benzene rings is 1. The molecule has 0 spiro atoms. The van der Waals surface area contributed by atoms with E-state index in [0.717, 1.165) is 11.3 Å². The molecule has 1 atom stereocenters. The molecule has 2 rings (SSSR count). The first-order valence-corrected chi connectivity index (χ1v) is 8.19. The Morgan fingerprint density at radius 3 is 2.65 bits per heavy atom. The van der Waals surface area contributed by atoms with Crippen LogP contribution < -0.4 is 5.32 Å². The molecule has 0 aliphatic rings. The maximum atomic E-state index is 11.6. The molecular formula is C17H19NO4S. The third-order valence-corrected chi connectivity index (χ3v) is 4.42. The van der Waals surface area contributed by atoms with Gasteiger partial charge in [-0.2, -0.15) is 0 Å². The van der Waals surface area contributed by atoms with E-state index in [0.29, 0.717) is 24.3 Å². The second-order valence-corrected chi connectivity index (χ2v) is 5.94. The fourth-order valence-electron chi connectivity index (χ4n) is 2.35. The molecule has 5 nitrogen and oxygen atoms in total.